The molecule has 0 aromatic heterocycles. The highest BCUT2D eigenvalue weighted by Gasteiger charge is 2.18. The first-order chi connectivity index (χ1) is 10.9. The Labute approximate surface area is 130 Å². The molecular weight excluding hydrogens is 304 g/mol. The highest BCUT2D eigenvalue weighted by atomic mass is 16.6. The molecular formula is C15H12N2O6. The highest BCUT2D eigenvalue weighted by molar-refractivity contribution is 5.90. The predicted molar refractivity (Wildman–Crippen MR) is 80.0 cm³/mol. The number of nitro benzene ring substituents is 2. The van der Waals surface area contributed by atoms with Gasteiger partial charge in [-0.2, -0.15) is 0 Å². The van der Waals surface area contributed by atoms with Crippen LogP contribution in [0.1, 0.15) is 21.5 Å². The quantitative estimate of drug-likeness (QED) is 0.475. The maximum atomic E-state index is 12.0. The van der Waals surface area contributed by atoms with Crippen LogP contribution in [0.25, 0.3) is 0 Å². The molecule has 2 rings (SSSR count). The van der Waals surface area contributed by atoms with Gasteiger partial charge in [-0.1, -0.05) is 18.2 Å². The third-order valence-corrected chi connectivity index (χ3v) is 3.19. The fourth-order valence-electron chi connectivity index (χ4n) is 1.97. The Kier molecular flexibility index (Phi) is 4.65. The predicted octanol–water partition coefficient (Wildman–Crippen LogP) is 3.17. The van der Waals surface area contributed by atoms with E-state index in [0.29, 0.717) is 5.56 Å². The Balaban J connectivity index is 2.16. The lowest BCUT2D eigenvalue weighted by Crippen LogP contribution is -2.07. The standard InChI is InChI=1S/C15H12N2O6/c1-10-6-7-11(8-14(10)17(21)22)15(18)23-9-12-4-2-3-5-13(12)16(19)20/h2-8H,9H2,1H3. The number of nitrogens with zero attached hydrogens (tertiary/aromatic N) is 2. The lowest BCUT2D eigenvalue weighted by molar-refractivity contribution is -0.385. The molecule has 23 heavy (non-hydrogen) atoms. The van der Waals surface area contributed by atoms with Crippen LogP contribution in [0.15, 0.2) is 42.5 Å². The van der Waals surface area contributed by atoms with Crippen LogP contribution in [0, 0.1) is 27.2 Å². The first-order valence-electron chi connectivity index (χ1n) is 6.54. The summed E-state index contributed by atoms with van der Waals surface area (Å²) in [7, 11) is 0. The van der Waals surface area contributed by atoms with Gasteiger partial charge in [0.25, 0.3) is 11.4 Å². The first kappa shape index (κ1) is 16.1. The number of esters is 1. The summed E-state index contributed by atoms with van der Waals surface area (Å²) in [6.45, 7) is 1.26. The maximum absolute atomic E-state index is 12.0. The van der Waals surface area contributed by atoms with Gasteiger partial charge in [0.05, 0.1) is 21.0 Å². The van der Waals surface area contributed by atoms with Crippen LogP contribution in [0.2, 0.25) is 0 Å². The summed E-state index contributed by atoms with van der Waals surface area (Å²) in [6, 6.07) is 9.85. The molecule has 0 bridgehead atoms. The number of aryl methyl sites for hydroxylation is 1. The zero-order valence-electron chi connectivity index (χ0n) is 12.1. The molecule has 0 unspecified atom stereocenters. The van der Waals surface area contributed by atoms with Crippen molar-refractivity contribution < 1.29 is 19.4 Å². The summed E-state index contributed by atoms with van der Waals surface area (Å²) < 4.78 is 5.01. The van der Waals surface area contributed by atoms with Crippen molar-refractivity contribution in [1.29, 1.82) is 0 Å². The molecule has 0 spiro atoms. The monoisotopic (exact) mass is 316 g/mol. The lowest BCUT2D eigenvalue weighted by Gasteiger charge is -2.06. The number of carbonyl (C=O) groups excluding carboxylic acids is 1. The van der Waals surface area contributed by atoms with Gasteiger partial charge < -0.3 is 4.74 Å². The van der Waals surface area contributed by atoms with Gasteiger partial charge in [0, 0.05) is 17.7 Å². The molecule has 0 heterocycles. The van der Waals surface area contributed by atoms with E-state index in [1.807, 2.05) is 0 Å². The van der Waals surface area contributed by atoms with Crippen molar-refractivity contribution in [2.45, 2.75) is 13.5 Å². The second kappa shape index (κ2) is 6.65. The summed E-state index contributed by atoms with van der Waals surface area (Å²) in [6.07, 6.45) is 0. The van der Waals surface area contributed by atoms with Crippen LogP contribution in [0.5, 0.6) is 0 Å². The van der Waals surface area contributed by atoms with E-state index >= 15 is 0 Å². The van der Waals surface area contributed by atoms with Crippen molar-refractivity contribution in [3.8, 4) is 0 Å². The van der Waals surface area contributed by atoms with Crippen LogP contribution in [-0.2, 0) is 11.3 Å². The van der Waals surface area contributed by atoms with E-state index in [1.165, 1.54) is 30.3 Å². The van der Waals surface area contributed by atoms with E-state index in [0.717, 1.165) is 6.07 Å². The van der Waals surface area contributed by atoms with Gasteiger partial charge >= 0.3 is 5.97 Å². The molecule has 0 N–H and O–H groups in total. The minimum atomic E-state index is -0.786. The van der Waals surface area contributed by atoms with Crippen molar-refractivity contribution in [3.63, 3.8) is 0 Å². The van der Waals surface area contributed by atoms with Crippen LogP contribution < -0.4 is 0 Å². The molecule has 0 radical (unpaired) electrons. The number of rotatable bonds is 5. The summed E-state index contributed by atoms with van der Waals surface area (Å²) in [5.74, 6) is -0.786. The third-order valence-electron chi connectivity index (χ3n) is 3.19. The molecule has 2 aromatic carbocycles. The number of carbonyl (C=O) groups is 1. The van der Waals surface area contributed by atoms with E-state index in [4.69, 9.17) is 4.74 Å². The average molecular weight is 316 g/mol. The topological polar surface area (TPSA) is 113 Å². The fourth-order valence-corrected chi connectivity index (χ4v) is 1.97. The van der Waals surface area contributed by atoms with E-state index in [9.17, 15) is 25.0 Å². The van der Waals surface area contributed by atoms with Crippen molar-refractivity contribution in [2.75, 3.05) is 0 Å². The molecule has 118 valence electrons. The SMILES string of the molecule is Cc1ccc(C(=O)OCc2ccccc2[N+](=O)[O-])cc1[N+](=O)[O-]. The van der Waals surface area contributed by atoms with Gasteiger partial charge in [0.2, 0.25) is 0 Å². The number of hydrogen-bond donors (Lipinski definition) is 0. The Bertz CT molecular complexity index is 787. The van der Waals surface area contributed by atoms with E-state index < -0.39 is 15.8 Å². The zero-order chi connectivity index (χ0) is 17.0. The number of hydrogen-bond acceptors (Lipinski definition) is 6. The molecule has 8 heteroatoms. The van der Waals surface area contributed by atoms with Gasteiger partial charge in [-0.15, -0.1) is 0 Å². The molecule has 0 fully saturated rings. The maximum Gasteiger partial charge on any atom is 0.338 e. The van der Waals surface area contributed by atoms with Crippen molar-refractivity contribution in [2.24, 2.45) is 0 Å². The summed E-state index contributed by atoms with van der Waals surface area (Å²) in [5, 5.41) is 21.8. The molecule has 0 aliphatic heterocycles. The van der Waals surface area contributed by atoms with Crippen molar-refractivity contribution in [3.05, 3.63) is 79.4 Å². The Morgan fingerprint density at radius 1 is 1.04 bits per heavy atom. The Morgan fingerprint density at radius 3 is 2.35 bits per heavy atom. The lowest BCUT2D eigenvalue weighted by atomic mass is 10.1. The molecule has 0 saturated carbocycles. The Hall–Kier alpha value is -3.29. The second-order valence-corrected chi connectivity index (χ2v) is 4.72. The van der Waals surface area contributed by atoms with Gasteiger partial charge in [-0.05, 0) is 19.1 Å². The largest absolute Gasteiger partial charge is 0.457 e. The first-order valence-corrected chi connectivity index (χ1v) is 6.54. The van der Waals surface area contributed by atoms with Crippen molar-refractivity contribution in [1.82, 2.24) is 0 Å². The normalized spacial score (nSPS) is 10.1. The number of para-hydroxylation sites is 1. The van der Waals surface area contributed by atoms with Crippen LogP contribution in [-0.4, -0.2) is 15.8 Å². The van der Waals surface area contributed by atoms with Crippen LogP contribution in [0.3, 0.4) is 0 Å². The molecule has 0 amide bonds. The van der Waals surface area contributed by atoms with Gasteiger partial charge in [-0.3, -0.25) is 20.2 Å². The summed E-state index contributed by atoms with van der Waals surface area (Å²) in [5.41, 5.74) is 0.332. The smallest absolute Gasteiger partial charge is 0.338 e. The van der Waals surface area contributed by atoms with E-state index in [1.54, 1.807) is 13.0 Å². The minimum absolute atomic E-state index is 0.0147. The Morgan fingerprint density at radius 2 is 1.70 bits per heavy atom. The third kappa shape index (κ3) is 3.67. The van der Waals surface area contributed by atoms with Crippen LogP contribution >= 0.6 is 0 Å². The molecule has 0 aliphatic rings. The average Bonchev–Trinajstić information content (AvgIpc) is 2.52. The molecule has 0 aliphatic carbocycles. The molecule has 2 aromatic rings. The molecule has 0 atom stereocenters. The zero-order valence-corrected chi connectivity index (χ0v) is 12.1. The van der Waals surface area contributed by atoms with Crippen molar-refractivity contribution >= 4 is 17.3 Å². The van der Waals surface area contributed by atoms with Gasteiger partial charge in [0.15, 0.2) is 0 Å². The molecule has 8 nitrogen and oxygen atoms in total. The van der Waals surface area contributed by atoms with Gasteiger partial charge in [-0.25, -0.2) is 4.79 Å². The summed E-state index contributed by atoms with van der Waals surface area (Å²) >= 11 is 0. The number of benzene rings is 2. The highest BCUT2D eigenvalue weighted by Crippen LogP contribution is 2.22. The van der Waals surface area contributed by atoms with E-state index in [2.05, 4.69) is 0 Å². The van der Waals surface area contributed by atoms with Crippen LogP contribution in [0.4, 0.5) is 11.4 Å². The molecule has 0 saturated heterocycles. The summed E-state index contributed by atoms with van der Waals surface area (Å²) in [4.78, 5) is 32.6. The van der Waals surface area contributed by atoms with Gasteiger partial charge in [0.1, 0.15) is 6.61 Å². The fraction of sp³-hybridized carbons (Fsp3) is 0.133. The second-order valence-electron chi connectivity index (χ2n) is 4.72. The van der Waals surface area contributed by atoms with E-state index in [-0.39, 0.29) is 29.1 Å². The number of nitro groups is 2. The minimum Gasteiger partial charge on any atom is -0.457 e. The number of ether oxygens (including phenoxy) is 1.